The van der Waals surface area contributed by atoms with Crippen molar-refractivity contribution in [2.45, 2.75) is 271 Å². The largest absolute Gasteiger partial charge is 0.462 e. The molecule has 0 aliphatic rings. The van der Waals surface area contributed by atoms with Crippen LogP contribution in [0.2, 0.25) is 0 Å². The van der Waals surface area contributed by atoms with Gasteiger partial charge in [-0.3, -0.25) is 14.4 Å². The Kier molecular flexibility index (Phi) is 41.3. The normalized spacial score (nSPS) is 12.4. The summed E-state index contributed by atoms with van der Waals surface area (Å²) in [5, 5.41) is 0. The molecule has 0 spiro atoms. The molecule has 320 valence electrons. The average molecular weight is 765 g/mol. The maximum absolute atomic E-state index is 12.7. The molecule has 0 saturated carbocycles. The van der Waals surface area contributed by atoms with Crippen LogP contribution >= 0.6 is 0 Å². The molecule has 0 N–H and O–H groups in total. The van der Waals surface area contributed by atoms with Gasteiger partial charge in [0.05, 0.1) is 0 Å². The van der Waals surface area contributed by atoms with Crippen molar-refractivity contribution in [3.05, 3.63) is 0 Å². The van der Waals surface area contributed by atoms with Gasteiger partial charge in [-0.15, -0.1) is 0 Å². The third-order valence-electron chi connectivity index (χ3n) is 11.2. The lowest BCUT2D eigenvalue weighted by molar-refractivity contribution is -0.167. The van der Waals surface area contributed by atoms with Crippen LogP contribution in [0.25, 0.3) is 0 Å². The highest BCUT2D eigenvalue weighted by Crippen LogP contribution is 2.17. The van der Waals surface area contributed by atoms with E-state index in [4.69, 9.17) is 14.2 Å². The van der Waals surface area contributed by atoms with Crippen LogP contribution in [0.5, 0.6) is 0 Å². The maximum atomic E-state index is 12.7. The highest BCUT2D eigenvalue weighted by molar-refractivity contribution is 5.71. The first kappa shape index (κ1) is 52.4. The van der Waals surface area contributed by atoms with E-state index in [0.29, 0.717) is 19.3 Å². The van der Waals surface area contributed by atoms with Crippen molar-refractivity contribution in [2.24, 2.45) is 5.92 Å². The number of ether oxygens (including phenoxy) is 3. The number of esters is 3. The summed E-state index contributed by atoms with van der Waals surface area (Å²) in [5.41, 5.74) is 0. The molecule has 0 rings (SSSR count). The van der Waals surface area contributed by atoms with Crippen LogP contribution in [0.3, 0.4) is 0 Å². The van der Waals surface area contributed by atoms with Gasteiger partial charge in [-0.05, 0) is 25.2 Å². The fourth-order valence-electron chi connectivity index (χ4n) is 7.12. The zero-order valence-corrected chi connectivity index (χ0v) is 36.7. The molecule has 0 fully saturated rings. The zero-order valence-electron chi connectivity index (χ0n) is 36.7. The van der Waals surface area contributed by atoms with Crippen LogP contribution in [0.15, 0.2) is 0 Å². The smallest absolute Gasteiger partial charge is 0.306 e. The lowest BCUT2D eigenvalue weighted by Gasteiger charge is -2.18. The Morgan fingerprint density at radius 1 is 0.370 bits per heavy atom. The molecule has 2 atom stereocenters. The second-order valence-corrected chi connectivity index (χ2v) is 16.6. The molecular weight excluding hydrogens is 673 g/mol. The van der Waals surface area contributed by atoms with E-state index in [1.807, 2.05) is 0 Å². The summed E-state index contributed by atoms with van der Waals surface area (Å²) in [6, 6.07) is 0. The van der Waals surface area contributed by atoms with Gasteiger partial charge in [-0.25, -0.2) is 0 Å². The van der Waals surface area contributed by atoms with Crippen molar-refractivity contribution in [1.29, 1.82) is 0 Å². The fourth-order valence-corrected chi connectivity index (χ4v) is 7.12. The Hall–Kier alpha value is -1.59. The topological polar surface area (TPSA) is 78.9 Å². The van der Waals surface area contributed by atoms with E-state index in [0.717, 1.165) is 63.7 Å². The van der Waals surface area contributed by atoms with E-state index in [-0.39, 0.29) is 31.1 Å². The highest BCUT2D eigenvalue weighted by atomic mass is 16.6. The van der Waals surface area contributed by atoms with Crippen molar-refractivity contribution < 1.29 is 28.6 Å². The fraction of sp³-hybridized carbons (Fsp3) is 0.938. The molecule has 0 aliphatic heterocycles. The number of carbonyl (C=O) groups is 3. The van der Waals surface area contributed by atoms with Crippen molar-refractivity contribution >= 4 is 17.9 Å². The van der Waals surface area contributed by atoms with Crippen molar-refractivity contribution in [1.82, 2.24) is 0 Å². The SMILES string of the molecule is CCCCCCCCCCCCCCCCC(=O)OC[C@@H](COC(=O)CCCCCCCCC(C)CC)OC(=O)CCCCCCCCCCCCCC. The Bertz CT molecular complexity index is 813. The summed E-state index contributed by atoms with van der Waals surface area (Å²) in [6.45, 7) is 8.98. The average Bonchev–Trinajstić information content (AvgIpc) is 3.17. The van der Waals surface area contributed by atoms with Gasteiger partial charge in [0.25, 0.3) is 0 Å². The second-order valence-electron chi connectivity index (χ2n) is 16.6. The van der Waals surface area contributed by atoms with Gasteiger partial charge in [0.15, 0.2) is 6.10 Å². The van der Waals surface area contributed by atoms with Gasteiger partial charge < -0.3 is 14.2 Å². The van der Waals surface area contributed by atoms with Gasteiger partial charge in [-0.1, -0.05) is 227 Å². The van der Waals surface area contributed by atoms with Gasteiger partial charge in [-0.2, -0.15) is 0 Å². The standard InChI is InChI=1S/C48H92O6/c1-5-8-10-12-14-16-18-20-21-23-24-26-31-35-39-46(49)52-42-45(43-53-47(50)40-36-32-29-28-30-34-38-44(4)7-3)54-48(51)41-37-33-27-25-22-19-17-15-13-11-9-6-2/h44-45H,5-43H2,1-4H3/t44?,45-/m0/s1. The third-order valence-corrected chi connectivity index (χ3v) is 11.2. The molecule has 0 aromatic heterocycles. The highest BCUT2D eigenvalue weighted by Gasteiger charge is 2.19. The maximum Gasteiger partial charge on any atom is 0.306 e. The van der Waals surface area contributed by atoms with E-state index in [1.165, 1.54) is 161 Å². The van der Waals surface area contributed by atoms with Crippen LogP contribution in [-0.4, -0.2) is 37.2 Å². The van der Waals surface area contributed by atoms with Crippen molar-refractivity contribution in [3.8, 4) is 0 Å². The summed E-state index contributed by atoms with van der Waals surface area (Å²) in [7, 11) is 0. The van der Waals surface area contributed by atoms with Crippen LogP contribution in [0.4, 0.5) is 0 Å². The lowest BCUT2D eigenvalue weighted by Crippen LogP contribution is -2.30. The minimum Gasteiger partial charge on any atom is -0.462 e. The van der Waals surface area contributed by atoms with Crippen LogP contribution in [0, 0.1) is 5.92 Å². The molecule has 0 aromatic carbocycles. The summed E-state index contributed by atoms with van der Waals surface area (Å²) >= 11 is 0. The van der Waals surface area contributed by atoms with E-state index < -0.39 is 6.10 Å². The first-order chi connectivity index (χ1) is 26.4. The molecule has 6 nitrogen and oxygen atoms in total. The summed E-state index contributed by atoms with van der Waals surface area (Å²) in [6.07, 6.45) is 42.2. The summed E-state index contributed by atoms with van der Waals surface area (Å²) < 4.78 is 16.7. The van der Waals surface area contributed by atoms with E-state index in [1.54, 1.807) is 0 Å². The Balaban J connectivity index is 4.32. The monoisotopic (exact) mass is 765 g/mol. The quantitative estimate of drug-likeness (QED) is 0.0349. The molecule has 6 heteroatoms. The molecule has 0 aromatic rings. The first-order valence-corrected chi connectivity index (χ1v) is 23.9. The van der Waals surface area contributed by atoms with Crippen molar-refractivity contribution in [2.75, 3.05) is 13.2 Å². The summed E-state index contributed by atoms with van der Waals surface area (Å²) in [5.74, 6) is -0.0388. The molecule has 0 saturated heterocycles. The number of rotatable bonds is 43. The molecule has 0 amide bonds. The minimum atomic E-state index is -0.760. The Labute approximate surface area is 336 Å². The van der Waals surface area contributed by atoms with Gasteiger partial charge in [0.2, 0.25) is 0 Å². The van der Waals surface area contributed by atoms with Crippen LogP contribution < -0.4 is 0 Å². The number of hydrogen-bond acceptors (Lipinski definition) is 6. The van der Waals surface area contributed by atoms with E-state index in [2.05, 4.69) is 27.7 Å². The molecule has 54 heavy (non-hydrogen) atoms. The Morgan fingerprint density at radius 3 is 0.963 bits per heavy atom. The second kappa shape index (κ2) is 42.6. The molecule has 0 radical (unpaired) electrons. The Morgan fingerprint density at radius 2 is 0.648 bits per heavy atom. The molecule has 0 aliphatic carbocycles. The third kappa shape index (κ3) is 40.1. The number of carbonyl (C=O) groups excluding carboxylic acids is 3. The predicted molar refractivity (Wildman–Crippen MR) is 229 cm³/mol. The lowest BCUT2D eigenvalue weighted by atomic mass is 10.00. The van der Waals surface area contributed by atoms with Crippen molar-refractivity contribution in [3.63, 3.8) is 0 Å². The minimum absolute atomic E-state index is 0.0639. The van der Waals surface area contributed by atoms with E-state index in [9.17, 15) is 14.4 Å². The van der Waals surface area contributed by atoms with Gasteiger partial charge in [0, 0.05) is 19.3 Å². The van der Waals surface area contributed by atoms with Gasteiger partial charge >= 0.3 is 17.9 Å². The van der Waals surface area contributed by atoms with E-state index >= 15 is 0 Å². The molecule has 0 bridgehead atoms. The van der Waals surface area contributed by atoms with Gasteiger partial charge in [0.1, 0.15) is 13.2 Å². The predicted octanol–water partition coefficient (Wildman–Crippen LogP) is 15.1. The molecule has 0 heterocycles. The summed E-state index contributed by atoms with van der Waals surface area (Å²) in [4.78, 5) is 37.7. The van der Waals surface area contributed by atoms with Crippen LogP contribution in [-0.2, 0) is 28.6 Å². The number of hydrogen-bond donors (Lipinski definition) is 0. The number of unbranched alkanes of at least 4 members (excludes halogenated alkanes) is 29. The molecule has 1 unspecified atom stereocenters. The zero-order chi connectivity index (χ0) is 39.6. The van der Waals surface area contributed by atoms with Crippen LogP contribution in [0.1, 0.15) is 265 Å². The first-order valence-electron chi connectivity index (χ1n) is 23.9. The molecular formula is C48H92O6.